The number of halogens is 2. The Kier molecular flexibility index (Phi) is 6.23. The Hall–Kier alpha value is -2.97. The van der Waals surface area contributed by atoms with Crippen LogP contribution in [0.2, 0.25) is 0 Å². The van der Waals surface area contributed by atoms with Gasteiger partial charge < -0.3 is 15.5 Å². The van der Waals surface area contributed by atoms with Crippen LogP contribution in [0.15, 0.2) is 30.5 Å². The summed E-state index contributed by atoms with van der Waals surface area (Å²) in [6.45, 7) is 1.61. The van der Waals surface area contributed by atoms with Crippen molar-refractivity contribution < 1.29 is 18.4 Å². The van der Waals surface area contributed by atoms with Crippen LogP contribution in [0, 0.1) is 17.6 Å². The number of anilines is 1. The molecule has 0 radical (unpaired) electrons. The Bertz CT molecular complexity index is 847. The van der Waals surface area contributed by atoms with Gasteiger partial charge in [-0.15, -0.1) is 0 Å². The summed E-state index contributed by atoms with van der Waals surface area (Å²) in [6.07, 6.45) is 3.98. The van der Waals surface area contributed by atoms with Gasteiger partial charge in [0.25, 0.3) is 5.91 Å². The molecule has 1 aromatic carbocycles. The summed E-state index contributed by atoms with van der Waals surface area (Å²) < 4.78 is 28.4. The summed E-state index contributed by atoms with van der Waals surface area (Å²) in [4.78, 5) is 25.9. The zero-order valence-corrected chi connectivity index (χ0v) is 15.6. The molecule has 2 heterocycles. The van der Waals surface area contributed by atoms with Crippen molar-refractivity contribution in [3.8, 4) is 0 Å². The summed E-state index contributed by atoms with van der Waals surface area (Å²) in [6, 6.07) is 4.17. The van der Waals surface area contributed by atoms with Gasteiger partial charge in [0.05, 0.1) is 5.69 Å². The number of carbonyl (C=O) groups excluding carboxylic acids is 2. The number of aromatic nitrogens is 2. The van der Waals surface area contributed by atoms with Gasteiger partial charge in [-0.2, -0.15) is 5.10 Å². The molecule has 9 heteroatoms. The van der Waals surface area contributed by atoms with E-state index < -0.39 is 17.7 Å². The molecule has 2 aromatic rings. The zero-order chi connectivity index (χ0) is 20.1. The van der Waals surface area contributed by atoms with Crippen LogP contribution in [0.25, 0.3) is 0 Å². The van der Waals surface area contributed by atoms with Crippen LogP contribution in [0.5, 0.6) is 0 Å². The highest BCUT2D eigenvalue weighted by atomic mass is 19.1. The lowest BCUT2D eigenvalue weighted by Gasteiger charge is -2.32. The van der Waals surface area contributed by atoms with Crippen LogP contribution in [0.1, 0.15) is 29.8 Å². The molecule has 7 nitrogen and oxygen atoms in total. The summed E-state index contributed by atoms with van der Waals surface area (Å²) in [5.74, 6) is -1.05. The minimum Gasteiger partial charge on any atom is -0.351 e. The van der Waals surface area contributed by atoms with E-state index in [1.807, 2.05) is 0 Å². The van der Waals surface area contributed by atoms with Crippen LogP contribution < -0.4 is 10.6 Å². The van der Waals surface area contributed by atoms with E-state index in [1.54, 1.807) is 24.2 Å². The number of urea groups is 1. The Labute approximate surface area is 161 Å². The molecular weight excluding hydrogens is 368 g/mol. The van der Waals surface area contributed by atoms with Crippen molar-refractivity contribution in [2.75, 3.05) is 25.0 Å². The first-order valence-corrected chi connectivity index (χ1v) is 9.21. The second kappa shape index (κ2) is 8.81. The normalized spacial score (nSPS) is 14.8. The molecule has 1 aliphatic rings. The van der Waals surface area contributed by atoms with Gasteiger partial charge >= 0.3 is 6.03 Å². The largest absolute Gasteiger partial charge is 0.351 e. The second-order valence-electron chi connectivity index (χ2n) is 6.87. The second-order valence-corrected chi connectivity index (χ2v) is 6.87. The predicted octanol–water partition coefficient (Wildman–Crippen LogP) is 2.76. The van der Waals surface area contributed by atoms with Gasteiger partial charge in [-0.1, -0.05) is 0 Å². The molecule has 0 atom stereocenters. The molecule has 0 saturated carbocycles. The lowest BCUT2D eigenvalue weighted by molar-refractivity contribution is 0.0940. The molecule has 0 unspecified atom stereocenters. The first kappa shape index (κ1) is 19.8. The summed E-state index contributed by atoms with van der Waals surface area (Å²) in [5, 5.41) is 9.27. The molecule has 1 saturated heterocycles. The minimum absolute atomic E-state index is 0.158. The van der Waals surface area contributed by atoms with Crippen molar-refractivity contribution in [1.29, 1.82) is 0 Å². The highest BCUT2D eigenvalue weighted by molar-refractivity contribution is 5.92. The number of hydrogen-bond acceptors (Lipinski definition) is 3. The van der Waals surface area contributed by atoms with E-state index in [2.05, 4.69) is 15.7 Å². The first-order chi connectivity index (χ1) is 13.4. The number of rotatable bonds is 5. The Morgan fingerprint density at radius 3 is 2.64 bits per heavy atom. The van der Waals surface area contributed by atoms with E-state index in [-0.39, 0.29) is 11.6 Å². The number of carbonyl (C=O) groups is 2. The van der Waals surface area contributed by atoms with Gasteiger partial charge in [0.15, 0.2) is 0 Å². The Morgan fingerprint density at radius 2 is 1.96 bits per heavy atom. The number of piperidine rings is 1. The monoisotopic (exact) mass is 391 g/mol. The van der Waals surface area contributed by atoms with E-state index in [0.717, 1.165) is 37.5 Å². The lowest BCUT2D eigenvalue weighted by atomic mass is 9.93. The van der Waals surface area contributed by atoms with E-state index >= 15 is 0 Å². The zero-order valence-electron chi connectivity index (χ0n) is 15.6. The van der Waals surface area contributed by atoms with Crippen LogP contribution in [-0.2, 0) is 7.05 Å². The standard InChI is InChI=1S/C19H23F2N5O2/c1-25-17(5-9-23-25)18(27)22-8-4-13-6-10-26(11-7-13)19(28)24-16-12-14(20)2-3-15(16)21/h2-3,5,9,12-13H,4,6-8,10-11H2,1H3,(H,22,27)(H,24,28). The first-order valence-electron chi connectivity index (χ1n) is 9.21. The Morgan fingerprint density at radius 1 is 1.21 bits per heavy atom. The number of benzene rings is 1. The van der Waals surface area contributed by atoms with Crippen LogP contribution in [0.4, 0.5) is 19.3 Å². The lowest BCUT2D eigenvalue weighted by Crippen LogP contribution is -2.41. The van der Waals surface area contributed by atoms with Crippen molar-refractivity contribution in [1.82, 2.24) is 20.0 Å². The Balaban J connectivity index is 1.40. The van der Waals surface area contributed by atoms with E-state index in [4.69, 9.17) is 0 Å². The van der Waals surface area contributed by atoms with E-state index in [9.17, 15) is 18.4 Å². The van der Waals surface area contributed by atoms with Gasteiger partial charge in [0.1, 0.15) is 17.3 Å². The van der Waals surface area contributed by atoms with Crippen molar-refractivity contribution in [3.63, 3.8) is 0 Å². The van der Waals surface area contributed by atoms with Crippen LogP contribution >= 0.6 is 0 Å². The van der Waals surface area contributed by atoms with Gasteiger partial charge in [-0.05, 0) is 43.4 Å². The van der Waals surface area contributed by atoms with Crippen LogP contribution in [0.3, 0.4) is 0 Å². The molecule has 0 spiro atoms. The minimum atomic E-state index is -0.672. The van der Waals surface area contributed by atoms with Crippen molar-refractivity contribution >= 4 is 17.6 Å². The topological polar surface area (TPSA) is 79.3 Å². The third-order valence-electron chi connectivity index (χ3n) is 4.96. The van der Waals surface area contributed by atoms with Gasteiger partial charge in [0.2, 0.25) is 0 Å². The number of nitrogens with one attached hydrogen (secondary N) is 2. The van der Waals surface area contributed by atoms with Crippen molar-refractivity contribution in [2.24, 2.45) is 13.0 Å². The molecule has 0 bridgehead atoms. The predicted molar refractivity (Wildman–Crippen MR) is 99.8 cm³/mol. The average Bonchev–Trinajstić information content (AvgIpc) is 3.11. The maximum absolute atomic E-state index is 13.7. The van der Waals surface area contributed by atoms with E-state index in [1.165, 1.54) is 4.68 Å². The maximum atomic E-state index is 13.7. The molecule has 1 aliphatic heterocycles. The molecule has 0 aliphatic carbocycles. The highest BCUT2D eigenvalue weighted by Crippen LogP contribution is 2.22. The average molecular weight is 391 g/mol. The number of likely N-dealkylation sites (tertiary alicyclic amines) is 1. The molecule has 150 valence electrons. The smallest absolute Gasteiger partial charge is 0.321 e. The number of amides is 3. The summed E-state index contributed by atoms with van der Waals surface area (Å²) in [7, 11) is 1.71. The third kappa shape index (κ3) is 4.85. The molecule has 3 amide bonds. The molecule has 1 aromatic heterocycles. The van der Waals surface area contributed by atoms with E-state index in [0.29, 0.717) is 31.2 Å². The quantitative estimate of drug-likeness (QED) is 0.823. The molecular formula is C19H23F2N5O2. The number of nitrogens with zero attached hydrogens (tertiary/aromatic N) is 3. The maximum Gasteiger partial charge on any atom is 0.321 e. The molecule has 1 fully saturated rings. The third-order valence-corrected chi connectivity index (χ3v) is 4.96. The molecule has 2 N–H and O–H groups in total. The fourth-order valence-electron chi connectivity index (χ4n) is 3.29. The summed E-state index contributed by atoms with van der Waals surface area (Å²) >= 11 is 0. The molecule has 28 heavy (non-hydrogen) atoms. The number of hydrogen-bond donors (Lipinski definition) is 2. The van der Waals surface area contributed by atoms with Crippen molar-refractivity contribution in [3.05, 3.63) is 47.8 Å². The highest BCUT2D eigenvalue weighted by Gasteiger charge is 2.23. The fourth-order valence-corrected chi connectivity index (χ4v) is 3.29. The fraction of sp³-hybridized carbons (Fsp3) is 0.421. The van der Waals surface area contributed by atoms with Crippen LogP contribution in [-0.4, -0.2) is 46.3 Å². The molecule has 3 rings (SSSR count). The summed E-state index contributed by atoms with van der Waals surface area (Å²) in [5.41, 5.74) is 0.348. The SMILES string of the molecule is Cn1nccc1C(=O)NCCC1CCN(C(=O)Nc2cc(F)ccc2F)CC1. The number of aryl methyl sites for hydroxylation is 1. The van der Waals surface area contributed by atoms with Gasteiger partial charge in [0, 0.05) is 38.9 Å². The van der Waals surface area contributed by atoms with Crippen molar-refractivity contribution in [2.45, 2.75) is 19.3 Å². The van der Waals surface area contributed by atoms with Gasteiger partial charge in [-0.25, -0.2) is 13.6 Å². The van der Waals surface area contributed by atoms with Gasteiger partial charge in [-0.3, -0.25) is 9.48 Å².